The summed E-state index contributed by atoms with van der Waals surface area (Å²) in [5.74, 6) is -0.759. The van der Waals surface area contributed by atoms with E-state index in [1.54, 1.807) is 0 Å². The third kappa shape index (κ3) is 3.68. The van der Waals surface area contributed by atoms with Crippen molar-refractivity contribution in [1.29, 1.82) is 5.26 Å². The normalized spacial score (nSPS) is 13.4. The number of rotatable bonds is 5. The number of nitro groups is 1. The zero-order valence-electron chi connectivity index (χ0n) is 9.72. The molecule has 0 aliphatic heterocycles. The maximum atomic E-state index is 12.9. The summed E-state index contributed by atoms with van der Waals surface area (Å²) in [4.78, 5) is 9.94. The minimum absolute atomic E-state index is 0.0348. The summed E-state index contributed by atoms with van der Waals surface area (Å²) in [6.07, 6.45) is 0.206. The summed E-state index contributed by atoms with van der Waals surface area (Å²) in [7, 11) is 0. The minimum atomic E-state index is -1.06. The van der Waals surface area contributed by atoms with Crippen molar-refractivity contribution in [2.45, 2.75) is 18.9 Å². The van der Waals surface area contributed by atoms with Crippen LogP contribution in [0.1, 0.15) is 13.3 Å². The van der Waals surface area contributed by atoms with E-state index in [2.05, 4.69) is 0 Å². The van der Waals surface area contributed by atoms with Gasteiger partial charge in [-0.05, 0) is 19.1 Å². The second-order valence-electron chi connectivity index (χ2n) is 4.00. The standard InChI is InChI=1S/C11H12FN3O3/c1-11(14,7-13)4-5-18-10-3-2-8(12)6-9(10)15(16)17/h2-3,6H,4-5,14H2,1H3. The molecule has 1 aromatic rings. The molecule has 1 rings (SSSR count). The lowest BCUT2D eigenvalue weighted by Gasteiger charge is -2.15. The summed E-state index contributed by atoms with van der Waals surface area (Å²) in [5.41, 5.74) is 4.05. The number of hydrogen-bond donors (Lipinski definition) is 1. The average Bonchev–Trinajstić information content (AvgIpc) is 2.30. The third-order valence-electron chi connectivity index (χ3n) is 2.25. The van der Waals surface area contributed by atoms with E-state index in [0.717, 1.165) is 12.1 Å². The number of halogens is 1. The Morgan fingerprint density at radius 2 is 2.33 bits per heavy atom. The fourth-order valence-corrected chi connectivity index (χ4v) is 1.18. The third-order valence-corrected chi connectivity index (χ3v) is 2.25. The predicted octanol–water partition coefficient (Wildman–Crippen LogP) is 1.74. The zero-order valence-corrected chi connectivity index (χ0v) is 9.72. The van der Waals surface area contributed by atoms with Crippen LogP contribution in [0.4, 0.5) is 10.1 Å². The van der Waals surface area contributed by atoms with E-state index in [1.807, 2.05) is 6.07 Å². The van der Waals surface area contributed by atoms with Gasteiger partial charge < -0.3 is 10.5 Å². The summed E-state index contributed by atoms with van der Waals surface area (Å²) in [6, 6.07) is 4.90. The van der Waals surface area contributed by atoms with E-state index in [4.69, 9.17) is 15.7 Å². The number of nitrogens with zero attached hydrogens (tertiary/aromatic N) is 2. The Morgan fingerprint density at radius 1 is 1.67 bits per heavy atom. The molecule has 0 aromatic heterocycles. The van der Waals surface area contributed by atoms with Crippen molar-refractivity contribution in [1.82, 2.24) is 0 Å². The molecule has 18 heavy (non-hydrogen) atoms. The van der Waals surface area contributed by atoms with Gasteiger partial charge in [-0.2, -0.15) is 5.26 Å². The number of nitrogens with two attached hydrogens (primary N) is 1. The van der Waals surface area contributed by atoms with Crippen molar-refractivity contribution >= 4 is 5.69 Å². The highest BCUT2D eigenvalue weighted by Gasteiger charge is 2.20. The first-order chi connectivity index (χ1) is 8.35. The van der Waals surface area contributed by atoms with Gasteiger partial charge in [0.2, 0.25) is 0 Å². The van der Waals surface area contributed by atoms with Gasteiger partial charge in [0, 0.05) is 6.42 Å². The molecule has 0 saturated heterocycles. The highest BCUT2D eigenvalue weighted by Crippen LogP contribution is 2.27. The van der Waals surface area contributed by atoms with Gasteiger partial charge in [0.05, 0.1) is 23.7 Å². The molecule has 96 valence electrons. The molecule has 0 bridgehead atoms. The van der Waals surface area contributed by atoms with Crippen LogP contribution >= 0.6 is 0 Å². The summed E-state index contributed by atoms with van der Waals surface area (Å²) in [6.45, 7) is 1.56. The molecule has 0 spiro atoms. The molecule has 0 aliphatic carbocycles. The topological polar surface area (TPSA) is 102 Å². The van der Waals surface area contributed by atoms with Crippen molar-refractivity contribution in [2.24, 2.45) is 5.73 Å². The van der Waals surface area contributed by atoms with Gasteiger partial charge in [-0.3, -0.25) is 10.1 Å². The Kier molecular flexibility index (Phi) is 4.18. The summed E-state index contributed by atoms with van der Waals surface area (Å²) >= 11 is 0. The van der Waals surface area contributed by atoms with Crippen molar-refractivity contribution in [2.75, 3.05) is 6.61 Å². The largest absolute Gasteiger partial charge is 0.487 e. The number of hydrogen-bond acceptors (Lipinski definition) is 5. The second kappa shape index (κ2) is 5.42. The Morgan fingerprint density at radius 3 is 2.89 bits per heavy atom. The lowest BCUT2D eigenvalue weighted by Crippen LogP contribution is -2.35. The van der Waals surface area contributed by atoms with E-state index < -0.39 is 22.0 Å². The number of benzene rings is 1. The first-order valence-corrected chi connectivity index (χ1v) is 5.12. The molecule has 1 aromatic carbocycles. The predicted molar refractivity (Wildman–Crippen MR) is 61.4 cm³/mol. The van der Waals surface area contributed by atoms with Crippen LogP contribution in [-0.4, -0.2) is 17.1 Å². The Labute approximate surface area is 103 Å². The van der Waals surface area contributed by atoms with Crippen molar-refractivity contribution in [3.05, 3.63) is 34.1 Å². The van der Waals surface area contributed by atoms with Crippen LogP contribution < -0.4 is 10.5 Å². The first kappa shape index (κ1) is 13.9. The highest BCUT2D eigenvalue weighted by atomic mass is 19.1. The van der Waals surface area contributed by atoms with E-state index in [9.17, 15) is 14.5 Å². The molecule has 1 unspecified atom stereocenters. The maximum absolute atomic E-state index is 12.9. The van der Waals surface area contributed by atoms with Gasteiger partial charge in [-0.1, -0.05) is 0 Å². The molecule has 0 saturated carbocycles. The highest BCUT2D eigenvalue weighted by molar-refractivity contribution is 5.46. The van der Waals surface area contributed by atoms with Gasteiger partial charge in [-0.15, -0.1) is 0 Å². The molecule has 6 nitrogen and oxygen atoms in total. The SMILES string of the molecule is CC(N)(C#N)CCOc1ccc(F)cc1[N+](=O)[O-]. The minimum Gasteiger partial charge on any atom is -0.487 e. The van der Waals surface area contributed by atoms with Gasteiger partial charge >= 0.3 is 5.69 Å². The molecule has 0 fully saturated rings. The van der Waals surface area contributed by atoms with Crippen molar-refractivity contribution in [3.8, 4) is 11.8 Å². The van der Waals surface area contributed by atoms with Crippen LogP contribution in [0.5, 0.6) is 5.75 Å². The van der Waals surface area contributed by atoms with Gasteiger partial charge in [0.15, 0.2) is 5.75 Å². The lowest BCUT2D eigenvalue weighted by molar-refractivity contribution is -0.386. The van der Waals surface area contributed by atoms with Gasteiger partial charge in [0.25, 0.3) is 0 Å². The molecule has 0 amide bonds. The first-order valence-electron chi connectivity index (χ1n) is 5.12. The van der Waals surface area contributed by atoms with E-state index in [1.165, 1.54) is 13.0 Å². The van der Waals surface area contributed by atoms with Gasteiger partial charge in [0.1, 0.15) is 11.4 Å². The Bertz CT molecular complexity index is 497. The lowest BCUT2D eigenvalue weighted by atomic mass is 10.0. The van der Waals surface area contributed by atoms with Crippen molar-refractivity contribution in [3.63, 3.8) is 0 Å². The van der Waals surface area contributed by atoms with Crippen LogP contribution in [0, 0.1) is 27.3 Å². The number of nitriles is 1. The van der Waals surface area contributed by atoms with Crippen molar-refractivity contribution < 1.29 is 14.1 Å². The molecular formula is C11H12FN3O3. The van der Waals surface area contributed by atoms with Crippen LogP contribution in [-0.2, 0) is 0 Å². The second-order valence-corrected chi connectivity index (χ2v) is 4.00. The summed E-state index contributed by atoms with van der Waals surface area (Å²) in [5, 5.41) is 19.4. The summed E-state index contributed by atoms with van der Waals surface area (Å²) < 4.78 is 18.0. The molecule has 2 N–H and O–H groups in total. The fraction of sp³-hybridized carbons (Fsp3) is 0.364. The van der Waals surface area contributed by atoms with Crippen LogP contribution in [0.2, 0.25) is 0 Å². The molecule has 0 heterocycles. The quantitative estimate of drug-likeness (QED) is 0.636. The molecule has 0 aliphatic rings. The maximum Gasteiger partial charge on any atom is 0.313 e. The van der Waals surface area contributed by atoms with Crippen LogP contribution in [0.3, 0.4) is 0 Å². The fourth-order valence-electron chi connectivity index (χ4n) is 1.18. The van der Waals surface area contributed by atoms with E-state index in [0.29, 0.717) is 0 Å². The van der Waals surface area contributed by atoms with E-state index >= 15 is 0 Å². The van der Waals surface area contributed by atoms with Crippen LogP contribution in [0.25, 0.3) is 0 Å². The molecule has 0 radical (unpaired) electrons. The number of ether oxygens (including phenoxy) is 1. The monoisotopic (exact) mass is 253 g/mol. The average molecular weight is 253 g/mol. The van der Waals surface area contributed by atoms with E-state index in [-0.39, 0.29) is 18.8 Å². The number of nitro benzene ring substituents is 1. The van der Waals surface area contributed by atoms with Gasteiger partial charge in [-0.25, -0.2) is 4.39 Å². The Hall–Kier alpha value is -2.20. The smallest absolute Gasteiger partial charge is 0.313 e. The zero-order chi connectivity index (χ0) is 13.8. The molecule has 7 heteroatoms. The molecule has 1 atom stereocenters. The van der Waals surface area contributed by atoms with Crippen LogP contribution in [0.15, 0.2) is 18.2 Å². The Balaban J connectivity index is 2.74. The molecular weight excluding hydrogens is 241 g/mol.